The van der Waals surface area contributed by atoms with Crippen LogP contribution < -0.4 is 11.3 Å². The van der Waals surface area contributed by atoms with Gasteiger partial charge in [0.1, 0.15) is 24.9 Å². The summed E-state index contributed by atoms with van der Waals surface area (Å²) in [4.78, 5) is 40.7. The first-order chi connectivity index (χ1) is 14.4. The van der Waals surface area contributed by atoms with Crippen LogP contribution in [0.25, 0.3) is 11.2 Å². The number of aromatic nitrogens is 4. The van der Waals surface area contributed by atoms with Crippen LogP contribution in [-0.4, -0.2) is 71.0 Å². The van der Waals surface area contributed by atoms with Gasteiger partial charge >= 0.3 is 15.6 Å². The molecule has 0 bridgehead atoms. The Bertz CT molecular complexity index is 1160. The van der Waals surface area contributed by atoms with Crippen molar-refractivity contribution in [2.75, 3.05) is 18.9 Å². The summed E-state index contributed by atoms with van der Waals surface area (Å²) in [5, 5.41) is 20.5. The molecule has 170 valence electrons. The number of nitrogens with two attached hydrogens (primary N) is 1. The predicted molar refractivity (Wildman–Crippen MR) is 100.0 cm³/mol. The third-order valence-corrected chi connectivity index (χ3v) is 6.56. The molecule has 18 heteroatoms. The average molecular weight is 481 g/mol. The van der Waals surface area contributed by atoms with E-state index in [1.807, 2.05) is 5.92 Å². The van der Waals surface area contributed by atoms with Crippen LogP contribution in [0.15, 0.2) is 11.1 Å². The summed E-state index contributed by atoms with van der Waals surface area (Å²) in [6.07, 6.45) is -0.0121. The zero-order chi connectivity index (χ0) is 23.0. The molecule has 16 nitrogen and oxygen atoms in total. The molecule has 0 aliphatic carbocycles. The third-order valence-electron chi connectivity index (χ3n) is 3.98. The number of nitrogens with one attached hydrogen (secondary N) is 1. The van der Waals surface area contributed by atoms with Crippen LogP contribution in [-0.2, 0) is 27.2 Å². The van der Waals surface area contributed by atoms with E-state index in [1.165, 1.54) is 0 Å². The number of anilines is 1. The van der Waals surface area contributed by atoms with Crippen molar-refractivity contribution in [2.45, 2.75) is 24.5 Å². The Morgan fingerprint density at radius 1 is 1.29 bits per heavy atom. The average Bonchev–Trinajstić information content (AvgIpc) is 3.20. The summed E-state index contributed by atoms with van der Waals surface area (Å²) in [5.74, 6) is 1.63. The maximum absolute atomic E-state index is 11.9. The van der Waals surface area contributed by atoms with Crippen molar-refractivity contribution in [3.05, 3.63) is 16.7 Å². The normalized spacial score (nSPS) is 27.6. The van der Waals surface area contributed by atoms with E-state index < -0.39 is 59.0 Å². The van der Waals surface area contributed by atoms with Gasteiger partial charge in [0.15, 0.2) is 17.4 Å². The highest BCUT2D eigenvalue weighted by Gasteiger charge is 2.46. The second kappa shape index (κ2) is 8.77. The highest BCUT2D eigenvalue weighted by atomic mass is 31.3. The first-order valence-electron chi connectivity index (χ1n) is 8.27. The number of hydrogen-bond donors (Lipinski definition) is 6. The highest BCUT2D eigenvalue weighted by Crippen LogP contribution is 2.60. The second-order valence-electron chi connectivity index (χ2n) is 6.11. The first kappa shape index (κ1) is 23.5. The number of hydrogen-bond acceptors (Lipinski definition) is 12. The fourth-order valence-corrected chi connectivity index (χ4v) is 4.68. The molecule has 3 heterocycles. The van der Waals surface area contributed by atoms with Gasteiger partial charge in [0.2, 0.25) is 5.95 Å². The van der Waals surface area contributed by atoms with Crippen molar-refractivity contribution in [2.24, 2.45) is 0 Å². The zero-order valence-electron chi connectivity index (χ0n) is 15.3. The molecule has 1 aliphatic heterocycles. The van der Waals surface area contributed by atoms with Crippen molar-refractivity contribution < 1.29 is 47.2 Å². The van der Waals surface area contributed by atoms with Gasteiger partial charge in [-0.05, 0) is 0 Å². The summed E-state index contributed by atoms with van der Waals surface area (Å²) in [5.41, 5.74) is 4.69. The predicted octanol–water partition coefficient (Wildman–Crippen LogP) is -1.80. The molecule has 0 spiro atoms. The molecule has 31 heavy (non-hydrogen) atoms. The van der Waals surface area contributed by atoms with Crippen molar-refractivity contribution in [1.82, 2.24) is 19.5 Å². The molecule has 1 aliphatic rings. The second-order valence-corrected chi connectivity index (χ2v) is 9.16. The Labute approximate surface area is 172 Å². The summed E-state index contributed by atoms with van der Waals surface area (Å²) in [7, 11) is -10.2. The van der Waals surface area contributed by atoms with Gasteiger partial charge in [0.05, 0.1) is 12.9 Å². The number of aliphatic hydroxyl groups excluding tert-OH is 2. The van der Waals surface area contributed by atoms with E-state index in [-0.39, 0.29) is 17.1 Å². The summed E-state index contributed by atoms with van der Waals surface area (Å²) in [6.45, 7) is -1.52. The van der Waals surface area contributed by atoms with Crippen LogP contribution >= 0.6 is 15.6 Å². The summed E-state index contributed by atoms with van der Waals surface area (Å²) < 4.78 is 42.7. The van der Waals surface area contributed by atoms with E-state index in [9.17, 15) is 33.9 Å². The quantitative estimate of drug-likeness (QED) is 0.180. The van der Waals surface area contributed by atoms with Crippen molar-refractivity contribution >= 4 is 32.8 Å². The molecule has 0 amide bonds. The fraction of sp³-hybridized carbons (Fsp3) is 0.462. The lowest BCUT2D eigenvalue weighted by molar-refractivity contribution is -0.0503. The lowest BCUT2D eigenvalue weighted by Gasteiger charge is -2.18. The van der Waals surface area contributed by atoms with Crippen molar-refractivity contribution in [3.63, 3.8) is 0 Å². The van der Waals surface area contributed by atoms with Crippen LogP contribution in [0.1, 0.15) is 6.23 Å². The number of aromatic amines is 1. The Kier molecular flexibility index (Phi) is 6.65. The Morgan fingerprint density at radius 3 is 2.65 bits per heavy atom. The van der Waals surface area contributed by atoms with E-state index in [1.54, 1.807) is 0 Å². The van der Waals surface area contributed by atoms with Gasteiger partial charge in [-0.1, -0.05) is 5.92 Å². The van der Waals surface area contributed by atoms with Gasteiger partial charge in [-0.2, -0.15) is 9.29 Å². The Balaban J connectivity index is 1.72. The molecule has 2 aromatic heterocycles. The van der Waals surface area contributed by atoms with Crippen LogP contribution in [0.5, 0.6) is 0 Å². The topological polar surface area (TPSA) is 242 Å². The lowest BCUT2D eigenvalue weighted by atomic mass is 10.1. The molecule has 2 aromatic rings. The van der Waals surface area contributed by atoms with Gasteiger partial charge in [0, 0.05) is 0 Å². The van der Waals surface area contributed by atoms with Crippen LogP contribution in [0.3, 0.4) is 0 Å². The van der Waals surface area contributed by atoms with Crippen molar-refractivity contribution in [1.29, 1.82) is 0 Å². The number of nitrogens with zero attached hydrogens (tertiary/aromatic N) is 3. The third kappa shape index (κ3) is 5.20. The van der Waals surface area contributed by atoms with Gasteiger partial charge in [-0.15, -0.1) is 6.42 Å². The van der Waals surface area contributed by atoms with Crippen LogP contribution in [0.4, 0.5) is 5.95 Å². The van der Waals surface area contributed by atoms with E-state index in [4.69, 9.17) is 16.9 Å². The first-order valence-corrected chi connectivity index (χ1v) is 11.3. The number of nitrogen functional groups attached to an aromatic ring is 1. The number of ether oxygens (including phenoxy) is 1. The SMILES string of the molecule is C#CCOP(=O)(O)OP(=O)(O)OC[C@H]1O[C@@H](n2cnc3c(=O)[nH]c(N)nc32)[C@H](O)[C@@H]1O. The van der Waals surface area contributed by atoms with Gasteiger partial charge in [0.25, 0.3) is 5.56 Å². The minimum atomic E-state index is -5.16. The summed E-state index contributed by atoms with van der Waals surface area (Å²) >= 11 is 0. The van der Waals surface area contributed by atoms with Gasteiger partial charge < -0.3 is 30.5 Å². The highest BCUT2D eigenvalue weighted by molar-refractivity contribution is 7.61. The molecular formula is C13H17N5O11P2. The van der Waals surface area contributed by atoms with Crippen LogP contribution in [0, 0.1) is 12.3 Å². The molecule has 6 atom stereocenters. The minimum Gasteiger partial charge on any atom is -0.387 e. The molecule has 1 fully saturated rings. The van der Waals surface area contributed by atoms with E-state index >= 15 is 0 Å². The van der Waals surface area contributed by atoms with E-state index in [0.29, 0.717) is 0 Å². The lowest BCUT2D eigenvalue weighted by Crippen LogP contribution is -2.33. The minimum absolute atomic E-state index is 0.0536. The number of fused-ring (bicyclic) bond motifs is 1. The Morgan fingerprint density at radius 2 is 1.97 bits per heavy atom. The largest absolute Gasteiger partial charge is 0.482 e. The molecule has 0 radical (unpaired) electrons. The number of phosphoric ester groups is 2. The Hall–Kier alpha value is -2.15. The number of H-pyrrole nitrogens is 1. The molecular weight excluding hydrogens is 464 g/mol. The standard InChI is InChI=1S/C13H17N5O11P2/c1-2-3-26-30(22,23)29-31(24,25)27-4-6-8(19)9(20)12(28-6)18-5-15-7-10(18)16-13(14)17-11(7)21/h1,5-6,8-9,12,19-20H,3-4H2,(H,22,23)(H,24,25)(H3,14,16,17,21)/t6-,8-,9-,12-/m1/s1. The maximum Gasteiger partial charge on any atom is 0.482 e. The molecule has 3 rings (SSSR count). The number of imidazole rings is 1. The van der Waals surface area contributed by atoms with Gasteiger partial charge in [-0.25, -0.2) is 14.1 Å². The molecule has 1 saturated heterocycles. The monoisotopic (exact) mass is 481 g/mol. The van der Waals surface area contributed by atoms with Gasteiger partial charge in [-0.3, -0.25) is 23.4 Å². The number of terminal acetylenes is 1. The van der Waals surface area contributed by atoms with Crippen molar-refractivity contribution in [3.8, 4) is 12.3 Å². The number of phosphoric acid groups is 2. The smallest absolute Gasteiger partial charge is 0.387 e. The molecule has 7 N–H and O–H groups in total. The van der Waals surface area contributed by atoms with Crippen LogP contribution in [0.2, 0.25) is 0 Å². The maximum atomic E-state index is 11.9. The molecule has 0 saturated carbocycles. The number of rotatable bonds is 8. The zero-order valence-corrected chi connectivity index (χ0v) is 17.1. The van der Waals surface area contributed by atoms with E-state index in [2.05, 4.69) is 28.3 Å². The summed E-state index contributed by atoms with van der Waals surface area (Å²) in [6, 6.07) is 0. The van der Waals surface area contributed by atoms with E-state index in [0.717, 1.165) is 10.9 Å². The molecule has 0 aromatic carbocycles. The molecule has 2 unspecified atom stereocenters. The fourth-order valence-electron chi connectivity index (χ4n) is 2.69. The number of aliphatic hydroxyl groups is 2.